The monoisotopic (exact) mass is 345 g/mol. The third-order valence-corrected chi connectivity index (χ3v) is 6.07. The number of hydrogen-bond acceptors (Lipinski definition) is 4. The van der Waals surface area contributed by atoms with Crippen molar-refractivity contribution in [3.05, 3.63) is 60.2 Å². The van der Waals surface area contributed by atoms with Crippen LogP contribution in [0.15, 0.2) is 59.5 Å². The van der Waals surface area contributed by atoms with Gasteiger partial charge in [-0.2, -0.15) is 0 Å². The zero-order valence-electron chi connectivity index (χ0n) is 13.9. The first-order chi connectivity index (χ1) is 11.6. The zero-order chi connectivity index (χ0) is 17.0. The molecule has 1 saturated carbocycles. The number of rotatable bonds is 8. The van der Waals surface area contributed by atoms with Gasteiger partial charge in [0.25, 0.3) is 0 Å². The predicted octanol–water partition coefficient (Wildman–Crippen LogP) is 3.13. The number of nitrogens with zero attached hydrogens (tertiary/aromatic N) is 1. The van der Waals surface area contributed by atoms with Crippen molar-refractivity contribution in [3.63, 3.8) is 0 Å². The van der Waals surface area contributed by atoms with E-state index in [4.69, 9.17) is 4.74 Å². The van der Waals surface area contributed by atoms with Gasteiger partial charge < -0.3 is 4.74 Å². The molecule has 0 saturated heterocycles. The first-order valence-corrected chi connectivity index (χ1v) is 9.88. The van der Waals surface area contributed by atoms with Gasteiger partial charge in [-0.1, -0.05) is 30.3 Å². The Balaban J connectivity index is 1.64. The molecule has 0 radical (unpaired) electrons. The van der Waals surface area contributed by atoms with Crippen LogP contribution >= 0.6 is 0 Å². The Morgan fingerprint density at radius 1 is 1.04 bits per heavy atom. The van der Waals surface area contributed by atoms with Crippen LogP contribution in [0.4, 0.5) is 0 Å². The highest BCUT2D eigenvalue weighted by Crippen LogP contribution is 2.28. The topological polar surface area (TPSA) is 46.6 Å². The first kappa shape index (κ1) is 17.0. The number of hydrogen-bond donors (Lipinski definition) is 0. The Labute approximate surface area is 144 Å². The quantitative estimate of drug-likeness (QED) is 0.737. The van der Waals surface area contributed by atoms with Crippen molar-refractivity contribution >= 4 is 9.84 Å². The summed E-state index contributed by atoms with van der Waals surface area (Å²) >= 11 is 0. The molecule has 2 aromatic carbocycles. The fourth-order valence-electron chi connectivity index (χ4n) is 2.78. The fourth-order valence-corrected chi connectivity index (χ4v) is 4.06. The van der Waals surface area contributed by atoms with Crippen LogP contribution < -0.4 is 4.74 Å². The van der Waals surface area contributed by atoms with Gasteiger partial charge in [-0.15, -0.1) is 0 Å². The molecule has 0 heterocycles. The largest absolute Gasteiger partial charge is 0.497 e. The molecule has 24 heavy (non-hydrogen) atoms. The van der Waals surface area contributed by atoms with E-state index in [-0.39, 0.29) is 5.75 Å². The van der Waals surface area contributed by atoms with Crippen LogP contribution in [0.25, 0.3) is 0 Å². The Morgan fingerprint density at radius 2 is 1.71 bits per heavy atom. The van der Waals surface area contributed by atoms with E-state index in [9.17, 15) is 8.42 Å². The maximum absolute atomic E-state index is 12.5. The van der Waals surface area contributed by atoms with Crippen LogP contribution in [-0.2, 0) is 16.4 Å². The molecule has 128 valence electrons. The molecule has 0 aliphatic heterocycles. The summed E-state index contributed by atoms with van der Waals surface area (Å²) < 4.78 is 30.1. The molecule has 2 aromatic rings. The highest BCUT2D eigenvalue weighted by Gasteiger charge is 2.30. The average molecular weight is 345 g/mol. The van der Waals surface area contributed by atoms with E-state index < -0.39 is 9.84 Å². The van der Waals surface area contributed by atoms with E-state index in [1.807, 2.05) is 30.3 Å². The summed E-state index contributed by atoms with van der Waals surface area (Å²) in [6.45, 7) is 1.34. The van der Waals surface area contributed by atoms with Gasteiger partial charge in [0, 0.05) is 19.1 Å². The summed E-state index contributed by atoms with van der Waals surface area (Å²) in [7, 11) is -1.57. The molecule has 1 aliphatic carbocycles. The lowest BCUT2D eigenvalue weighted by molar-refractivity contribution is 0.270. The highest BCUT2D eigenvalue weighted by atomic mass is 32.2. The lowest BCUT2D eigenvalue weighted by Gasteiger charge is -2.22. The molecular weight excluding hydrogens is 322 g/mol. The molecule has 0 N–H and O–H groups in total. The van der Waals surface area contributed by atoms with Crippen LogP contribution in [0.2, 0.25) is 0 Å². The standard InChI is InChI=1S/C19H23NO3S/c1-23-18-11-7-16(8-12-18)15-20(17-9-10-17)13-14-24(21,22)19-5-3-2-4-6-19/h2-8,11-12,17H,9-10,13-15H2,1H3. The summed E-state index contributed by atoms with van der Waals surface area (Å²) in [4.78, 5) is 2.69. The highest BCUT2D eigenvalue weighted by molar-refractivity contribution is 7.91. The number of methoxy groups -OCH3 is 1. The van der Waals surface area contributed by atoms with Gasteiger partial charge in [0.2, 0.25) is 0 Å². The second kappa shape index (κ2) is 7.36. The molecule has 0 aromatic heterocycles. The van der Waals surface area contributed by atoms with Gasteiger partial charge in [0.1, 0.15) is 5.75 Å². The molecular formula is C19H23NO3S. The second-order valence-corrected chi connectivity index (χ2v) is 8.29. The molecule has 4 nitrogen and oxygen atoms in total. The van der Waals surface area contributed by atoms with E-state index in [1.165, 1.54) is 5.56 Å². The maximum Gasteiger partial charge on any atom is 0.179 e. The minimum absolute atomic E-state index is 0.156. The molecule has 3 rings (SSSR count). The fraction of sp³-hybridized carbons (Fsp3) is 0.368. The van der Waals surface area contributed by atoms with Crippen molar-refractivity contribution in [1.29, 1.82) is 0 Å². The van der Waals surface area contributed by atoms with Crippen molar-refractivity contribution in [2.75, 3.05) is 19.4 Å². The Hall–Kier alpha value is -1.85. The van der Waals surface area contributed by atoms with E-state index in [0.29, 0.717) is 17.5 Å². The van der Waals surface area contributed by atoms with Gasteiger partial charge >= 0.3 is 0 Å². The van der Waals surface area contributed by atoms with Gasteiger partial charge in [0.15, 0.2) is 9.84 Å². The molecule has 0 spiro atoms. The third kappa shape index (κ3) is 4.36. The van der Waals surface area contributed by atoms with Gasteiger partial charge in [0.05, 0.1) is 17.8 Å². The van der Waals surface area contributed by atoms with Crippen molar-refractivity contribution in [2.24, 2.45) is 0 Å². The van der Waals surface area contributed by atoms with Gasteiger partial charge in [-0.25, -0.2) is 8.42 Å². The second-order valence-electron chi connectivity index (χ2n) is 6.18. The minimum Gasteiger partial charge on any atom is -0.497 e. The van der Waals surface area contributed by atoms with E-state index >= 15 is 0 Å². The Morgan fingerprint density at radius 3 is 2.29 bits per heavy atom. The number of sulfone groups is 1. The summed E-state index contributed by atoms with van der Waals surface area (Å²) in [5.41, 5.74) is 1.18. The molecule has 1 aliphatic rings. The maximum atomic E-state index is 12.5. The Bertz CT molecular complexity index is 753. The summed E-state index contributed by atoms with van der Waals surface area (Å²) in [6.07, 6.45) is 2.31. The number of ether oxygens (including phenoxy) is 1. The molecule has 0 amide bonds. The predicted molar refractivity (Wildman–Crippen MR) is 94.9 cm³/mol. The number of benzene rings is 2. The molecule has 1 fully saturated rings. The van der Waals surface area contributed by atoms with Crippen molar-refractivity contribution < 1.29 is 13.2 Å². The molecule has 0 bridgehead atoms. The van der Waals surface area contributed by atoms with Crippen LogP contribution in [0.3, 0.4) is 0 Å². The summed E-state index contributed by atoms with van der Waals surface area (Å²) in [5.74, 6) is 0.993. The normalized spacial score (nSPS) is 14.8. The van der Waals surface area contributed by atoms with E-state index in [2.05, 4.69) is 4.90 Å². The smallest absolute Gasteiger partial charge is 0.179 e. The van der Waals surface area contributed by atoms with E-state index in [0.717, 1.165) is 25.1 Å². The van der Waals surface area contributed by atoms with Crippen LogP contribution in [0.1, 0.15) is 18.4 Å². The Kier molecular flexibility index (Phi) is 5.21. The average Bonchev–Trinajstić information content (AvgIpc) is 3.45. The lowest BCUT2D eigenvalue weighted by Crippen LogP contribution is -2.31. The van der Waals surface area contributed by atoms with Gasteiger partial charge in [-0.3, -0.25) is 4.90 Å². The van der Waals surface area contributed by atoms with Crippen molar-refractivity contribution in [3.8, 4) is 5.75 Å². The third-order valence-electron chi connectivity index (χ3n) is 4.36. The first-order valence-electron chi connectivity index (χ1n) is 8.23. The minimum atomic E-state index is -3.23. The molecule has 0 unspecified atom stereocenters. The molecule has 0 atom stereocenters. The summed E-state index contributed by atoms with van der Waals surface area (Å²) in [6, 6.07) is 17.2. The lowest BCUT2D eigenvalue weighted by atomic mass is 10.2. The van der Waals surface area contributed by atoms with Crippen molar-refractivity contribution in [1.82, 2.24) is 4.90 Å². The van der Waals surface area contributed by atoms with E-state index in [1.54, 1.807) is 31.4 Å². The van der Waals surface area contributed by atoms with Crippen LogP contribution in [0, 0.1) is 0 Å². The van der Waals surface area contributed by atoms with Crippen molar-refractivity contribution in [2.45, 2.75) is 30.3 Å². The van der Waals surface area contributed by atoms with Crippen LogP contribution in [-0.4, -0.2) is 38.8 Å². The zero-order valence-corrected chi connectivity index (χ0v) is 14.7. The molecule has 5 heteroatoms. The SMILES string of the molecule is COc1ccc(CN(CCS(=O)(=O)c2ccccc2)C2CC2)cc1. The summed E-state index contributed by atoms with van der Waals surface area (Å²) in [5, 5.41) is 0. The van der Waals surface area contributed by atoms with Crippen LogP contribution in [0.5, 0.6) is 5.75 Å². The van der Waals surface area contributed by atoms with Gasteiger partial charge in [-0.05, 0) is 42.7 Å².